The standard InChI is InChI=1S/C19H15NO3S/c20-19(21)16-11-5-7-13-18(16)24(22,23)17-12-6-4-10-15(17)14-8-2-1-3-9-14/h1-13H,(H2,20,21). The Labute approximate surface area is 140 Å². The molecule has 4 nitrogen and oxygen atoms in total. The Kier molecular flexibility index (Phi) is 4.18. The van der Waals surface area contributed by atoms with Crippen molar-refractivity contribution in [2.75, 3.05) is 0 Å². The lowest BCUT2D eigenvalue weighted by atomic mass is 10.1. The lowest BCUT2D eigenvalue weighted by molar-refractivity contribution is 0.0997. The Morgan fingerprint density at radius 2 is 1.25 bits per heavy atom. The molecule has 3 rings (SSSR count). The fraction of sp³-hybridized carbons (Fsp3) is 0. The van der Waals surface area contributed by atoms with E-state index in [-0.39, 0.29) is 15.4 Å². The number of carbonyl (C=O) groups is 1. The zero-order valence-corrected chi connectivity index (χ0v) is 13.5. The summed E-state index contributed by atoms with van der Waals surface area (Å²) in [6.07, 6.45) is 0. The maximum absolute atomic E-state index is 13.1. The largest absolute Gasteiger partial charge is 0.366 e. The zero-order chi connectivity index (χ0) is 17.2. The van der Waals surface area contributed by atoms with E-state index < -0.39 is 15.7 Å². The van der Waals surface area contributed by atoms with E-state index in [1.54, 1.807) is 30.3 Å². The van der Waals surface area contributed by atoms with Gasteiger partial charge in [0.2, 0.25) is 15.7 Å². The number of hydrogen-bond donors (Lipinski definition) is 1. The van der Waals surface area contributed by atoms with Gasteiger partial charge in [-0.25, -0.2) is 8.42 Å². The second-order valence-electron chi connectivity index (χ2n) is 5.23. The summed E-state index contributed by atoms with van der Waals surface area (Å²) < 4.78 is 26.3. The van der Waals surface area contributed by atoms with Gasteiger partial charge in [0.05, 0.1) is 15.4 Å². The predicted molar refractivity (Wildman–Crippen MR) is 92.3 cm³/mol. The van der Waals surface area contributed by atoms with Gasteiger partial charge in [0.15, 0.2) is 0 Å². The third-order valence-corrected chi connectivity index (χ3v) is 5.57. The van der Waals surface area contributed by atoms with Gasteiger partial charge in [0, 0.05) is 5.56 Å². The van der Waals surface area contributed by atoms with Crippen LogP contribution >= 0.6 is 0 Å². The van der Waals surface area contributed by atoms with Crippen molar-refractivity contribution < 1.29 is 13.2 Å². The molecule has 0 unspecified atom stereocenters. The molecule has 0 heterocycles. The van der Waals surface area contributed by atoms with Gasteiger partial charge in [0.1, 0.15) is 0 Å². The van der Waals surface area contributed by atoms with Crippen LogP contribution in [-0.2, 0) is 9.84 Å². The van der Waals surface area contributed by atoms with E-state index in [4.69, 9.17) is 5.73 Å². The first kappa shape index (κ1) is 16.0. The molecule has 0 aliphatic rings. The first-order valence-corrected chi connectivity index (χ1v) is 8.78. The molecule has 2 N–H and O–H groups in total. The second-order valence-corrected chi connectivity index (χ2v) is 7.11. The van der Waals surface area contributed by atoms with Crippen molar-refractivity contribution in [3.05, 3.63) is 84.4 Å². The summed E-state index contributed by atoms with van der Waals surface area (Å²) >= 11 is 0. The number of benzene rings is 3. The molecular weight excluding hydrogens is 322 g/mol. The number of primary amides is 1. The smallest absolute Gasteiger partial charge is 0.250 e. The lowest BCUT2D eigenvalue weighted by Gasteiger charge is -2.12. The maximum atomic E-state index is 13.1. The van der Waals surface area contributed by atoms with E-state index in [1.807, 2.05) is 30.3 Å². The summed E-state index contributed by atoms with van der Waals surface area (Å²) in [4.78, 5) is 11.7. The number of amides is 1. The van der Waals surface area contributed by atoms with Crippen molar-refractivity contribution >= 4 is 15.7 Å². The fourth-order valence-electron chi connectivity index (χ4n) is 2.58. The van der Waals surface area contributed by atoms with E-state index in [0.29, 0.717) is 5.56 Å². The van der Waals surface area contributed by atoms with E-state index in [2.05, 4.69) is 0 Å². The number of sulfone groups is 1. The van der Waals surface area contributed by atoms with Crippen LogP contribution in [0.25, 0.3) is 11.1 Å². The number of nitrogens with two attached hydrogens (primary N) is 1. The summed E-state index contributed by atoms with van der Waals surface area (Å²) in [7, 11) is -3.89. The molecule has 120 valence electrons. The van der Waals surface area contributed by atoms with Gasteiger partial charge in [-0.15, -0.1) is 0 Å². The minimum atomic E-state index is -3.89. The van der Waals surface area contributed by atoms with Gasteiger partial charge in [-0.05, 0) is 23.8 Å². The van der Waals surface area contributed by atoms with Crippen LogP contribution in [0.5, 0.6) is 0 Å². The van der Waals surface area contributed by atoms with Gasteiger partial charge >= 0.3 is 0 Å². The van der Waals surface area contributed by atoms with Crippen molar-refractivity contribution in [1.82, 2.24) is 0 Å². The van der Waals surface area contributed by atoms with Gasteiger partial charge in [-0.3, -0.25) is 4.79 Å². The van der Waals surface area contributed by atoms with E-state index in [0.717, 1.165) is 5.56 Å². The third kappa shape index (κ3) is 2.81. The average molecular weight is 337 g/mol. The van der Waals surface area contributed by atoms with Crippen molar-refractivity contribution in [3.63, 3.8) is 0 Å². The molecule has 0 saturated carbocycles. The van der Waals surface area contributed by atoms with Crippen LogP contribution in [0.4, 0.5) is 0 Å². The number of rotatable bonds is 4. The monoisotopic (exact) mass is 337 g/mol. The Hall–Kier alpha value is -2.92. The van der Waals surface area contributed by atoms with Gasteiger partial charge in [0.25, 0.3) is 0 Å². The minimum absolute atomic E-state index is 0.0136. The lowest BCUT2D eigenvalue weighted by Crippen LogP contribution is -2.16. The zero-order valence-electron chi connectivity index (χ0n) is 12.7. The molecule has 3 aromatic rings. The van der Waals surface area contributed by atoms with Crippen molar-refractivity contribution in [2.24, 2.45) is 5.73 Å². The van der Waals surface area contributed by atoms with Crippen molar-refractivity contribution in [1.29, 1.82) is 0 Å². The first-order valence-electron chi connectivity index (χ1n) is 7.30. The van der Waals surface area contributed by atoms with Crippen LogP contribution in [0.15, 0.2) is 88.7 Å². The van der Waals surface area contributed by atoms with Crippen LogP contribution in [0.2, 0.25) is 0 Å². The highest BCUT2D eigenvalue weighted by Crippen LogP contribution is 2.32. The predicted octanol–water partition coefficient (Wildman–Crippen LogP) is 3.29. The van der Waals surface area contributed by atoms with E-state index >= 15 is 0 Å². The molecule has 0 saturated heterocycles. The normalized spacial score (nSPS) is 11.2. The third-order valence-electron chi connectivity index (χ3n) is 3.70. The van der Waals surface area contributed by atoms with Crippen LogP contribution in [0.3, 0.4) is 0 Å². The minimum Gasteiger partial charge on any atom is -0.366 e. The first-order chi connectivity index (χ1) is 11.5. The molecule has 0 aliphatic heterocycles. The highest BCUT2D eigenvalue weighted by molar-refractivity contribution is 7.91. The molecule has 0 radical (unpaired) electrons. The van der Waals surface area contributed by atoms with E-state index in [9.17, 15) is 13.2 Å². The Balaban J connectivity index is 2.26. The maximum Gasteiger partial charge on any atom is 0.250 e. The summed E-state index contributed by atoms with van der Waals surface area (Å²) in [5, 5.41) is 0. The molecular formula is C19H15NO3S. The molecule has 5 heteroatoms. The SMILES string of the molecule is NC(=O)c1ccccc1S(=O)(=O)c1ccccc1-c1ccccc1. The van der Waals surface area contributed by atoms with Crippen LogP contribution in [0, 0.1) is 0 Å². The quantitative estimate of drug-likeness (QED) is 0.793. The second kappa shape index (κ2) is 6.29. The van der Waals surface area contributed by atoms with E-state index in [1.165, 1.54) is 18.2 Å². The Morgan fingerprint density at radius 1 is 0.708 bits per heavy atom. The highest BCUT2D eigenvalue weighted by atomic mass is 32.2. The molecule has 0 bridgehead atoms. The molecule has 0 fully saturated rings. The summed E-state index contributed by atoms with van der Waals surface area (Å²) in [5.41, 5.74) is 6.69. The van der Waals surface area contributed by atoms with Crippen LogP contribution < -0.4 is 5.73 Å². The number of hydrogen-bond acceptors (Lipinski definition) is 3. The van der Waals surface area contributed by atoms with Gasteiger partial charge in [-0.2, -0.15) is 0 Å². The van der Waals surface area contributed by atoms with Crippen molar-refractivity contribution in [3.8, 4) is 11.1 Å². The van der Waals surface area contributed by atoms with Crippen molar-refractivity contribution in [2.45, 2.75) is 9.79 Å². The van der Waals surface area contributed by atoms with Crippen LogP contribution in [-0.4, -0.2) is 14.3 Å². The topological polar surface area (TPSA) is 77.2 Å². The van der Waals surface area contributed by atoms with Gasteiger partial charge < -0.3 is 5.73 Å². The molecule has 0 spiro atoms. The van der Waals surface area contributed by atoms with Crippen LogP contribution in [0.1, 0.15) is 10.4 Å². The highest BCUT2D eigenvalue weighted by Gasteiger charge is 2.25. The molecule has 1 amide bonds. The fourth-order valence-corrected chi connectivity index (χ4v) is 4.27. The molecule has 0 aliphatic carbocycles. The summed E-state index contributed by atoms with van der Waals surface area (Å²) in [6, 6.07) is 21.9. The molecule has 0 atom stereocenters. The Bertz CT molecular complexity index is 996. The molecule has 3 aromatic carbocycles. The summed E-state index contributed by atoms with van der Waals surface area (Å²) in [6.45, 7) is 0. The molecule has 24 heavy (non-hydrogen) atoms. The average Bonchev–Trinajstić information content (AvgIpc) is 2.62. The summed E-state index contributed by atoms with van der Waals surface area (Å²) in [5.74, 6) is -0.772. The molecule has 0 aromatic heterocycles. The number of carbonyl (C=O) groups excluding carboxylic acids is 1. The Morgan fingerprint density at radius 3 is 1.92 bits per heavy atom. The van der Waals surface area contributed by atoms with Gasteiger partial charge in [-0.1, -0.05) is 60.7 Å².